The molecule has 5 aromatic rings. The monoisotopic (exact) mass is 551 g/mol. The number of ether oxygens (including phenoxy) is 1. The molecule has 3 N–H and O–H groups in total. The second-order valence-electron chi connectivity index (χ2n) is 9.24. The Morgan fingerprint density at radius 2 is 1.83 bits per heavy atom. The Kier molecular flexibility index (Phi) is 7.61. The fourth-order valence-electron chi connectivity index (χ4n) is 4.67. The molecule has 3 heterocycles. The van der Waals surface area contributed by atoms with E-state index in [0.717, 1.165) is 21.6 Å². The number of para-hydroxylation sites is 1. The molecule has 11 heteroatoms. The summed E-state index contributed by atoms with van der Waals surface area (Å²) in [6.45, 7) is 1.88. The smallest absolute Gasteiger partial charge is 0.282 e. The number of nitrogens with two attached hydrogens (primary N) is 1. The molecule has 0 unspecified atom stereocenters. The number of anilines is 2. The predicted octanol–water partition coefficient (Wildman–Crippen LogP) is 4.24. The first-order valence-corrected chi connectivity index (χ1v) is 12.8. The minimum atomic E-state index is -0.495. The van der Waals surface area contributed by atoms with Crippen molar-refractivity contribution in [1.29, 1.82) is 0 Å². The van der Waals surface area contributed by atoms with Crippen molar-refractivity contribution in [2.24, 2.45) is 0 Å². The lowest BCUT2D eigenvalue weighted by atomic mass is 9.98. The molecule has 0 fully saturated rings. The van der Waals surface area contributed by atoms with Gasteiger partial charge in [-0.1, -0.05) is 36.4 Å². The predicted molar refractivity (Wildman–Crippen MR) is 157 cm³/mol. The number of carbonyl (C=O) groups excluding carboxylic acids is 1. The number of amides is 1. The molecule has 0 radical (unpaired) electrons. The van der Waals surface area contributed by atoms with Crippen LogP contribution in [-0.2, 0) is 4.84 Å². The van der Waals surface area contributed by atoms with Crippen LogP contribution < -0.4 is 21.3 Å². The summed E-state index contributed by atoms with van der Waals surface area (Å²) in [4.78, 5) is 44.8. The van der Waals surface area contributed by atoms with Crippen LogP contribution in [0.2, 0.25) is 0 Å². The Labute approximate surface area is 236 Å². The van der Waals surface area contributed by atoms with E-state index in [1.54, 1.807) is 23.9 Å². The van der Waals surface area contributed by atoms with E-state index in [-0.39, 0.29) is 22.9 Å². The van der Waals surface area contributed by atoms with Gasteiger partial charge in [0.2, 0.25) is 11.8 Å². The van der Waals surface area contributed by atoms with Crippen LogP contribution in [0, 0.1) is 0 Å². The number of pyridine rings is 2. The SMILES string of the molecule is COc1cc(-c2cccc3cc([C@H](C)Nc4nc(N)ncc4C(=O)N(C)OC)n(-c4ccccc4)c(=O)c23)ccn1. The van der Waals surface area contributed by atoms with Crippen molar-refractivity contribution in [3.63, 3.8) is 0 Å². The number of nitrogens with one attached hydrogen (secondary N) is 1. The molecule has 2 aromatic carbocycles. The number of fused-ring (bicyclic) bond motifs is 1. The number of benzene rings is 2. The van der Waals surface area contributed by atoms with Gasteiger partial charge < -0.3 is 15.8 Å². The van der Waals surface area contributed by atoms with E-state index >= 15 is 0 Å². The Morgan fingerprint density at radius 1 is 1.05 bits per heavy atom. The van der Waals surface area contributed by atoms with Gasteiger partial charge in [0, 0.05) is 36.9 Å². The molecule has 0 aliphatic heterocycles. The minimum Gasteiger partial charge on any atom is -0.481 e. The molecular formula is C30H29N7O4. The van der Waals surface area contributed by atoms with Crippen LogP contribution in [0.25, 0.3) is 27.6 Å². The largest absolute Gasteiger partial charge is 0.481 e. The van der Waals surface area contributed by atoms with Crippen LogP contribution in [0.1, 0.15) is 29.0 Å². The number of nitrogens with zero attached hydrogens (tertiary/aromatic N) is 5. The van der Waals surface area contributed by atoms with Gasteiger partial charge >= 0.3 is 0 Å². The first kappa shape index (κ1) is 27.3. The van der Waals surface area contributed by atoms with E-state index in [9.17, 15) is 9.59 Å². The van der Waals surface area contributed by atoms with Crippen molar-refractivity contribution in [3.8, 4) is 22.7 Å². The molecule has 0 aliphatic rings. The summed E-state index contributed by atoms with van der Waals surface area (Å²) in [5.74, 6) is 0.195. The highest BCUT2D eigenvalue weighted by Gasteiger charge is 2.23. The van der Waals surface area contributed by atoms with Crippen LogP contribution in [0.3, 0.4) is 0 Å². The quantitative estimate of drug-likeness (QED) is 0.271. The van der Waals surface area contributed by atoms with Gasteiger partial charge in [-0.15, -0.1) is 0 Å². The molecular weight excluding hydrogens is 522 g/mol. The van der Waals surface area contributed by atoms with Gasteiger partial charge in [0.05, 0.1) is 25.6 Å². The molecule has 41 heavy (non-hydrogen) atoms. The van der Waals surface area contributed by atoms with Gasteiger partial charge in [-0.2, -0.15) is 4.98 Å². The Bertz CT molecular complexity index is 1790. The molecule has 0 spiro atoms. The highest BCUT2D eigenvalue weighted by atomic mass is 16.7. The molecule has 3 aromatic heterocycles. The lowest BCUT2D eigenvalue weighted by molar-refractivity contribution is -0.0756. The number of nitrogen functional groups attached to an aromatic ring is 1. The molecule has 0 saturated heterocycles. The zero-order chi connectivity index (χ0) is 29.1. The fourth-order valence-corrected chi connectivity index (χ4v) is 4.67. The van der Waals surface area contributed by atoms with Crippen LogP contribution >= 0.6 is 0 Å². The molecule has 1 amide bonds. The minimum absolute atomic E-state index is 0.00676. The van der Waals surface area contributed by atoms with Crippen LogP contribution in [0.15, 0.2) is 83.9 Å². The Hall–Kier alpha value is -5.29. The van der Waals surface area contributed by atoms with E-state index < -0.39 is 11.9 Å². The van der Waals surface area contributed by atoms with Gasteiger partial charge in [0.25, 0.3) is 11.5 Å². The van der Waals surface area contributed by atoms with Crippen molar-refractivity contribution in [3.05, 3.63) is 101 Å². The van der Waals surface area contributed by atoms with Crippen LogP contribution in [-0.4, -0.2) is 51.8 Å². The van der Waals surface area contributed by atoms with Crippen LogP contribution in [0.5, 0.6) is 5.88 Å². The number of hydroxylamine groups is 2. The summed E-state index contributed by atoms with van der Waals surface area (Å²) < 4.78 is 6.98. The topological polar surface area (TPSA) is 137 Å². The number of hydrogen-bond acceptors (Lipinski definition) is 9. The van der Waals surface area contributed by atoms with Crippen LogP contribution in [0.4, 0.5) is 11.8 Å². The summed E-state index contributed by atoms with van der Waals surface area (Å²) in [5.41, 5.74) is 8.72. The average molecular weight is 552 g/mol. The Morgan fingerprint density at radius 3 is 2.56 bits per heavy atom. The van der Waals surface area contributed by atoms with Gasteiger partial charge in [-0.3, -0.25) is 19.0 Å². The average Bonchev–Trinajstić information content (AvgIpc) is 3.00. The lowest BCUT2D eigenvalue weighted by Crippen LogP contribution is -2.29. The van der Waals surface area contributed by atoms with E-state index in [1.807, 2.05) is 67.6 Å². The van der Waals surface area contributed by atoms with E-state index in [2.05, 4.69) is 20.3 Å². The summed E-state index contributed by atoms with van der Waals surface area (Å²) in [5, 5.41) is 5.63. The summed E-state index contributed by atoms with van der Waals surface area (Å²) in [6, 6.07) is 20.2. The maximum Gasteiger partial charge on any atom is 0.282 e. The molecule has 0 aliphatic carbocycles. The number of rotatable bonds is 8. The van der Waals surface area contributed by atoms with E-state index in [0.29, 0.717) is 22.6 Å². The molecule has 208 valence electrons. The zero-order valence-electron chi connectivity index (χ0n) is 23.0. The van der Waals surface area contributed by atoms with E-state index in [1.165, 1.54) is 20.4 Å². The summed E-state index contributed by atoms with van der Waals surface area (Å²) in [7, 11) is 4.42. The van der Waals surface area contributed by atoms with Gasteiger partial charge in [0.15, 0.2) is 0 Å². The summed E-state index contributed by atoms with van der Waals surface area (Å²) in [6.07, 6.45) is 2.99. The van der Waals surface area contributed by atoms with Gasteiger partial charge in [0.1, 0.15) is 11.4 Å². The second kappa shape index (κ2) is 11.4. The second-order valence-corrected chi connectivity index (χ2v) is 9.24. The molecule has 0 bridgehead atoms. The number of carbonyl (C=O) groups is 1. The van der Waals surface area contributed by atoms with Gasteiger partial charge in [-0.05, 0) is 47.7 Å². The van der Waals surface area contributed by atoms with Crippen molar-refractivity contribution in [2.75, 3.05) is 32.3 Å². The highest BCUT2D eigenvalue weighted by Crippen LogP contribution is 2.31. The maximum absolute atomic E-state index is 14.4. The standard InChI is InChI=1S/C30H29N7O4/c1-18(34-27-23(17-33-30(31)35-27)28(38)36(2)41-4)24-15-20-9-8-12-22(19-13-14-32-25(16-19)40-3)26(20)29(39)37(24)21-10-6-5-7-11-21/h5-18H,1-4H3,(H3,31,33,34,35)/t18-/m0/s1. The first-order chi connectivity index (χ1) is 19.8. The lowest BCUT2D eigenvalue weighted by Gasteiger charge is -2.23. The first-order valence-electron chi connectivity index (χ1n) is 12.8. The highest BCUT2D eigenvalue weighted by molar-refractivity contribution is 5.98. The molecule has 0 saturated carbocycles. The maximum atomic E-state index is 14.4. The summed E-state index contributed by atoms with van der Waals surface area (Å²) >= 11 is 0. The Balaban J connectivity index is 1.70. The zero-order valence-corrected chi connectivity index (χ0v) is 23.0. The van der Waals surface area contributed by atoms with E-state index in [4.69, 9.17) is 15.3 Å². The van der Waals surface area contributed by atoms with Crippen molar-refractivity contribution >= 4 is 28.4 Å². The third-order valence-corrected chi connectivity index (χ3v) is 6.74. The number of hydrogen-bond donors (Lipinski definition) is 2. The molecule has 1 atom stereocenters. The number of methoxy groups -OCH3 is 1. The fraction of sp³-hybridized carbons (Fsp3) is 0.167. The molecule has 11 nitrogen and oxygen atoms in total. The van der Waals surface area contributed by atoms with Gasteiger partial charge in [-0.25, -0.2) is 15.0 Å². The van der Waals surface area contributed by atoms with Crippen molar-refractivity contribution in [1.82, 2.24) is 24.6 Å². The van der Waals surface area contributed by atoms with Crippen molar-refractivity contribution < 1.29 is 14.4 Å². The third kappa shape index (κ3) is 5.30. The van der Waals surface area contributed by atoms with Crippen molar-refractivity contribution in [2.45, 2.75) is 13.0 Å². The normalized spacial score (nSPS) is 11.7. The molecule has 5 rings (SSSR count). The number of aromatic nitrogens is 4. The third-order valence-electron chi connectivity index (χ3n) is 6.74.